The molecule has 0 N–H and O–H groups in total. The molecule has 1 fully saturated rings. The number of esters is 2. The monoisotopic (exact) mass is 394 g/mol. The summed E-state index contributed by atoms with van der Waals surface area (Å²) in [6.45, 7) is -0.221. The lowest BCUT2D eigenvalue weighted by molar-refractivity contribution is -0.0726. The van der Waals surface area contributed by atoms with E-state index >= 15 is 0 Å². The molecule has 0 bridgehead atoms. The summed E-state index contributed by atoms with van der Waals surface area (Å²) in [4.78, 5) is 36.6. The number of rotatable bonds is 5. The fourth-order valence-corrected chi connectivity index (χ4v) is 3.37. The van der Waals surface area contributed by atoms with E-state index in [1.165, 1.54) is 0 Å². The summed E-state index contributed by atoms with van der Waals surface area (Å²) < 4.78 is 21.6. The molecule has 4 rings (SSSR count). The molecule has 0 aromatic heterocycles. The Kier molecular flexibility index (Phi) is 5.03. The maximum absolute atomic E-state index is 12.4. The summed E-state index contributed by atoms with van der Waals surface area (Å²) in [5.74, 6) is -1.10. The van der Waals surface area contributed by atoms with Gasteiger partial charge in [0.2, 0.25) is 0 Å². The van der Waals surface area contributed by atoms with Crippen molar-refractivity contribution < 1.29 is 33.3 Å². The number of ether oxygens (including phenoxy) is 4. The normalized spacial score (nSPS) is 24.8. The topological polar surface area (TPSA) is 88.1 Å². The number of carbonyl (C=O) groups excluding carboxylic acids is 3. The average Bonchev–Trinajstić information content (AvgIpc) is 3.10. The van der Waals surface area contributed by atoms with E-state index in [9.17, 15) is 14.4 Å². The zero-order chi connectivity index (χ0) is 20.3. The van der Waals surface area contributed by atoms with Crippen molar-refractivity contribution in [2.75, 3.05) is 6.61 Å². The first kappa shape index (κ1) is 18.7. The maximum atomic E-state index is 12.4. The largest absolute Gasteiger partial charge is 0.509 e. The van der Waals surface area contributed by atoms with E-state index in [0.717, 1.165) is 0 Å². The van der Waals surface area contributed by atoms with Crippen LogP contribution in [0.3, 0.4) is 0 Å². The Morgan fingerprint density at radius 3 is 2.24 bits per heavy atom. The van der Waals surface area contributed by atoms with Gasteiger partial charge in [-0.15, -0.1) is 0 Å². The Morgan fingerprint density at radius 2 is 1.59 bits per heavy atom. The smallest absolute Gasteiger partial charge is 0.458 e. The van der Waals surface area contributed by atoms with Crippen LogP contribution in [0.2, 0.25) is 0 Å². The number of fused-ring (bicyclic) bond motifs is 1. The summed E-state index contributed by atoms with van der Waals surface area (Å²) in [6, 6.07) is 17.0. The highest BCUT2D eigenvalue weighted by Crippen LogP contribution is 2.38. The molecule has 0 unspecified atom stereocenters. The lowest BCUT2D eigenvalue weighted by Gasteiger charge is -2.35. The highest BCUT2D eigenvalue weighted by molar-refractivity contribution is 5.90. The molecule has 2 aromatic rings. The minimum absolute atomic E-state index is 0.221. The van der Waals surface area contributed by atoms with E-state index in [2.05, 4.69) is 0 Å². The van der Waals surface area contributed by atoms with Gasteiger partial charge in [0.15, 0.2) is 17.8 Å². The third-order valence-electron chi connectivity index (χ3n) is 4.83. The second-order valence-electron chi connectivity index (χ2n) is 6.77. The lowest BCUT2D eigenvalue weighted by atomic mass is 9.85. The summed E-state index contributed by atoms with van der Waals surface area (Å²) in [6.07, 6.45) is 0.956. The van der Waals surface area contributed by atoms with Crippen LogP contribution in [0, 0.1) is 0 Å². The Balaban J connectivity index is 1.49. The quantitative estimate of drug-likeness (QED) is 0.437. The van der Waals surface area contributed by atoms with Gasteiger partial charge in [-0.05, 0) is 30.3 Å². The van der Waals surface area contributed by atoms with Gasteiger partial charge in [0.05, 0.1) is 11.1 Å². The second-order valence-corrected chi connectivity index (χ2v) is 6.77. The summed E-state index contributed by atoms with van der Waals surface area (Å²) in [7, 11) is 0. The van der Waals surface area contributed by atoms with Gasteiger partial charge >= 0.3 is 18.1 Å². The average molecular weight is 394 g/mol. The van der Waals surface area contributed by atoms with Crippen molar-refractivity contribution in [3.05, 3.63) is 83.9 Å². The van der Waals surface area contributed by atoms with Crippen LogP contribution in [-0.4, -0.2) is 42.5 Å². The van der Waals surface area contributed by atoms with Crippen molar-refractivity contribution in [3.63, 3.8) is 0 Å². The molecule has 3 atom stereocenters. The van der Waals surface area contributed by atoms with E-state index in [1.807, 2.05) is 0 Å². The van der Waals surface area contributed by atoms with Crippen molar-refractivity contribution in [1.82, 2.24) is 0 Å². The van der Waals surface area contributed by atoms with Crippen LogP contribution in [0.15, 0.2) is 72.8 Å². The van der Waals surface area contributed by atoms with E-state index in [-0.39, 0.29) is 13.0 Å². The number of hydrogen-bond donors (Lipinski definition) is 0. The summed E-state index contributed by atoms with van der Waals surface area (Å²) >= 11 is 0. The predicted molar refractivity (Wildman–Crippen MR) is 100 cm³/mol. The van der Waals surface area contributed by atoms with E-state index < -0.39 is 35.9 Å². The van der Waals surface area contributed by atoms with Gasteiger partial charge in [0, 0.05) is 6.42 Å². The number of carbonyl (C=O) groups is 3. The van der Waals surface area contributed by atoms with Crippen LogP contribution in [0.5, 0.6) is 0 Å². The molecule has 1 saturated heterocycles. The SMILES string of the molecule is O=C1O[C@H]2[C@H](OC(=O)c3ccccc3)C=CC[C@@]2(COC(=O)c2ccccc2)O1. The van der Waals surface area contributed by atoms with Crippen molar-refractivity contribution in [2.24, 2.45) is 0 Å². The Morgan fingerprint density at radius 1 is 0.966 bits per heavy atom. The molecule has 2 aliphatic rings. The van der Waals surface area contributed by atoms with Gasteiger partial charge in [0.25, 0.3) is 0 Å². The maximum Gasteiger partial charge on any atom is 0.509 e. The van der Waals surface area contributed by atoms with Crippen molar-refractivity contribution in [1.29, 1.82) is 0 Å². The first-order valence-corrected chi connectivity index (χ1v) is 9.12. The first-order chi connectivity index (χ1) is 14.1. The molecular weight excluding hydrogens is 376 g/mol. The number of hydrogen-bond acceptors (Lipinski definition) is 7. The van der Waals surface area contributed by atoms with Crippen LogP contribution in [0.4, 0.5) is 4.79 Å². The minimum Gasteiger partial charge on any atom is -0.458 e. The molecule has 29 heavy (non-hydrogen) atoms. The third kappa shape index (κ3) is 3.85. The van der Waals surface area contributed by atoms with Crippen LogP contribution in [0.25, 0.3) is 0 Å². The Labute approximate surface area is 166 Å². The van der Waals surface area contributed by atoms with Crippen molar-refractivity contribution in [3.8, 4) is 0 Å². The zero-order valence-electron chi connectivity index (χ0n) is 15.4. The molecule has 0 amide bonds. The van der Waals surface area contributed by atoms with Gasteiger partial charge < -0.3 is 18.9 Å². The van der Waals surface area contributed by atoms with Crippen LogP contribution >= 0.6 is 0 Å². The highest BCUT2D eigenvalue weighted by Gasteiger charge is 2.57. The fraction of sp³-hybridized carbons (Fsp3) is 0.227. The summed E-state index contributed by atoms with van der Waals surface area (Å²) in [5.41, 5.74) is -0.500. The molecule has 0 saturated carbocycles. The van der Waals surface area contributed by atoms with Crippen LogP contribution in [0.1, 0.15) is 27.1 Å². The van der Waals surface area contributed by atoms with Crippen molar-refractivity contribution >= 4 is 18.1 Å². The zero-order valence-corrected chi connectivity index (χ0v) is 15.4. The van der Waals surface area contributed by atoms with Crippen molar-refractivity contribution in [2.45, 2.75) is 24.2 Å². The standard InChI is InChI=1S/C22H18O7/c23-19(15-8-3-1-4-9-15)26-14-22-13-7-12-17(18(22)28-21(25)29-22)27-20(24)16-10-5-2-6-11-16/h1-12,17-18H,13-14H2/t17-,18+,22+/m1/s1. The lowest BCUT2D eigenvalue weighted by Crippen LogP contribution is -2.52. The third-order valence-corrected chi connectivity index (χ3v) is 4.83. The molecule has 1 aliphatic carbocycles. The molecule has 1 heterocycles. The second kappa shape index (κ2) is 7.79. The molecule has 0 radical (unpaired) electrons. The van der Waals surface area contributed by atoms with E-state index in [1.54, 1.807) is 72.8 Å². The van der Waals surface area contributed by atoms with Gasteiger partial charge in [-0.1, -0.05) is 42.5 Å². The Bertz CT molecular complexity index is 938. The molecule has 0 spiro atoms. The van der Waals surface area contributed by atoms with Gasteiger partial charge in [-0.2, -0.15) is 0 Å². The molecule has 7 nitrogen and oxygen atoms in total. The first-order valence-electron chi connectivity index (χ1n) is 9.12. The molecule has 2 aromatic carbocycles. The minimum atomic E-state index is -1.25. The summed E-state index contributed by atoms with van der Waals surface area (Å²) in [5, 5.41) is 0. The van der Waals surface area contributed by atoms with E-state index in [0.29, 0.717) is 11.1 Å². The van der Waals surface area contributed by atoms with Gasteiger partial charge in [-0.3, -0.25) is 0 Å². The van der Waals surface area contributed by atoms with Gasteiger partial charge in [-0.25, -0.2) is 14.4 Å². The predicted octanol–water partition coefficient (Wildman–Crippen LogP) is 3.30. The fourth-order valence-electron chi connectivity index (χ4n) is 3.37. The van der Waals surface area contributed by atoms with Crippen LogP contribution in [-0.2, 0) is 18.9 Å². The molecule has 148 valence electrons. The van der Waals surface area contributed by atoms with Crippen LogP contribution < -0.4 is 0 Å². The highest BCUT2D eigenvalue weighted by atomic mass is 16.8. The van der Waals surface area contributed by atoms with Gasteiger partial charge in [0.1, 0.15) is 6.61 Å². The molecule has 1 aliphatic heterocycles. The number of benzene rings is 2. The van der Waals surface area contributed by atoms with E-state index in [4.69, 9.17) is 18.9 Å². The molecular formula is C22H18O7. The molecule has 7 heteroatoms. The Hall–Kier alpha value is -3.61.